The average molecular weight is 247 g/mol. The molecule has 0 bridgehead atoms. The number of halogens is 3. The van der Waals surface area contributed by atoms with Crippen molar-refractivity contribution in [2.75, 3.05) is 20.3 Å². The van der Waals surface area contributed by atoms with Gasteiger partial charge in [0.05, 0.1) is 18.2 Å². The first-order valence-electron chi connectivity index (χ1n) is 5.41. The van der Waals surface area contributed by atoms with Crippen molar-refractivity contribution in [1.29, 1.82) is 0 Å². The third kappa shape index (κ3) is 4.02. The molecule has 0 aliphatic rings. The highest BCUT2D eigenvalue weighted by Crippen LogP contribution is 2.29. The van der Waals surface area contributed by atoms with Gasteiger partial charge in [-0.2, -0.15) is 13.2 Å². The summed E-state index contributed by atoms with van der Waals surface area (Å²) in [6.45, 7) is 2.90. The Morgan fingerprint density at radius 3 is 2.24 bits per heavy atom. The van der Waals surface area contributed by atoms with Crippen LogP contribution >= 0.6 is 0 Å². The summed E-state index contributed by atoms with van der Waals surface area (Å²) in [4.78, 5) is 0. The third-order valence-corrected chi connectivity index (χ3v) is 2.48. The van der Waals surface area contributed by atoms with Gasteiger partial charge >= 0.3 is 6.18 Å². The lowest BCUT2D eigenvalue weighted by molar-refractivity contribution is -0.137. The first-order valence-corrected chi connectivity index (χ1v) is 5.41. The Morgan fingerprint density at radius 1 is 1.24 bits per heavy atom. The number of alkyl halides is 3. The van der Waals surface area contributed by atoms with Crippen molar-refractivity contribution in [3.63, 3.8) is 0 Å². The van der Waals surface area contributed by atoms with E-state index in [0.29, 0.717) is 13.2 Å². The molecule has 0 saturated carbocycles. The van der Waals surface area contributed by atoms with Gasteiger partial charge < -0.3 is 10.1 Å². The molecule has 0 aliphatic carbocycles. The molecule has 1 unspecified atom stereocenters. The fourth-order valence-electron chi connectivity index (χ4n) is 1.49. The van der Waals surface area contributed by atoms with E-state index in [2.05, 4.69) is 5.32 Å². The standard InChI is InChI=1S/C12H16F3NO/c1-3-17-8-11(16-2)9-4-6-10(7-5-9)12(13,14)15/h4-7,11,16H,3,8H2,1-2H3. The van der Waals surface area contributed by atoms with Crippen LogP contribution in [0, 0.1) is 0 Å². The van der Waals surface area contributed by atoms with Gasteiger partial charge in [0.15, 0.2) is 0 Å². The summed E-state index contributed by atoms with van der Waals surface area (Å²) in [6.07, 6.45) is -4.28. The van der Waals surface area contributed by atoms with E-state index >= 15 is 0 Å². The van der Waals surface area contributed by atoms with Gasteiger partial charge in [0.1, 0.15) is 0 Å². The molecular weight excluding hydrogens is 231 g/mol. The van der Waals surface area contributed by atoms with Gasteiger partial charge in [-0.1, -0.05) is 12.1 Å². The van der Waals surface area contributed by atoms with Crippen molar-refractivity contribution in [3.05, 3.63) is 35.4 Å². The molecule has 0 fully saturated rings. The lowest BCUT2D eigenvalue weighted by Gasteiger charge is -2.17. The molecule has 0 spiro atoms. The van der Waals surface area contributed by atoms with E-state index in [1.807, 2.05) is 6.92 Å². The fraction of sp³-hybridized carbons (Fsp3) is 0.500. The van der Waals surface area contributed by atoms with E-state index in [0.717, 1.165) is 17.7 Å². The van der Waals surface area contributed by atoms with Crippen LogP contribution < -0.4 is 5.32 Å². The number of hydrogen-bond donors (Lipinski definition) is 1. The van der Waals surface area contributed by atoms with E-state index in [9.17, 15) is 13.2 Å². The van der Waals surface area contributed by atoms with Crippen LogP contribution in [0.1, 0.15) is 24.1 Å². The molecule has 1 N–H and O–H groups in total. The lowest BCUT2D eigenvalue weighted by Crippen LogP contribution is -2.22. The van der Waals surface area contributed by atoms with Crippen molar-refractivity contribution in [2.45, 2.75) is 19.1 Å². The van der Waals surface area contributed by atoms with Gasteiger partial charge in [0, 0.05) is 6.61 Å². The molecule has 5 heteroatoms. The quantitative estimate of drug-likeness (QED) is 0.863. The average Bonchev–Trinajstić information content (AvgIpc) is 2.29. The van der Waals surface area contributed by atoms with E-state index in [4.69, 9.17) is 4.74 Å². The van der Waals surface area contributed by atoms with E-state index in [-0.39, 0.29) is 6.04 Å². The van der Waals surface area contributed by atoms with Gasteiger partial charge in [-0.15, -0.1) is 0 Å². The first kappa shape index (κ1) is 14.0. The van der Waals surface area contributed by atoms with Crippen molar-refractivity contribution in [1.82, 2.24) is 5.32 Å². The molecule has 0 radical (unpaired) electrons. The van der Waals surface area contributed by atoms with Gasteiger partial charge in [-0.25, -0.2) is 0 Å². The molecule has 1 aromatic rings. The second-order valence-electron chi connectivity index (χ2n) is 3.62. The van der Waals surface area contributed by atoms with Crippen LogP contribution in [0.3, 0.4) is 0 Å². The van der Waals surface area contributed by atoms with Crippen LogP contribution in [0.5, 0.6) is 0 Å². The monoisotopic (exact) mass is 247 g/mol. The molecule has 96 valence electrons. The maximum Gasteiger partial charge on any atom is 0.416 e. The number of likely N-dealkylation sites (N-methyl/N-ethyl adjacent to an activating group) is 1. The zero-order valence-corrected chi connectivity index (χ0v) is 9.84. The van der Waals surface area contributed by atoms with Gasteiger partial charge in [-0.3, -0.25) is 0 Å². The van der Waals surface area contributed by atoms with Gasteiger partial charge in [-0.05, 0) is 31.7 Å². The molecule has 0 heterocycles. The highest BCUT2D eigenvalue weighted by Gasteiger charge is 2.30. The number of rotatable bonds is 5. The topological polar surface area (TPSA) is 21.3 Å². The van der Waals surface area contributed by atoms with Crippen molar-refractivity contribution >= 4 is 0 Å². The summed E-state index contributed by atoms with van der Waals surface area (Å²) >= 11 is 0. The van der Waals surface area contributed by atoms with Crippen LogP contribution in [-0.4, -0.2) is 20.3 Å². The predicted octanol–water partition coefficient (Wildman–Crippen LogP) is 3.00. The Hall–Kier alpha value is -1.07. The van der Waals surface area contributed by atoms with Crippen LogP contribution in [0.15, 0.2) is 24.3 Å². The molecular formula is C12H16F3NO. The van der Waals surface area contributed by atoms with E-state index in [1.165, 1.54) is 12.1 Å². The maximum atomic E-state index is 12.4. The zero-order chi connectivity index (χ0) is 12.9. The summed E-state index contributed by atoms with van der Waals surface area (Å²) in [6, 6.07) is 5.04. The largest absolute Gasteiger partial charge is 0.416 e. The molecule has 2 nitrogen and oxygen atoms in total. The summed E-state index contributed by atoms with van der Waals surface area (Å²) in [7, 11) is 1.75. The summed E-state index contributed by atoms with van der Waals surface area (Å²) < 4.78 is 42.3. The van der Waals surface area contributed by atoms with Gasteiger partial charge in [0.2, 0.25) is 0 Å². The minimum absolute atomic E-state index is 0.0859. The second kappa shape index (κ2) is 6.02. The van der Waals surface area contributed by atoms with Crippen LogP contribution in [0.25, 0.3) is 0 Å². The zero-order valence-electron chi connectivity index (χ0n) is 9.84. The number of nitrogens with one attached hydrogen (secondary N) is 1. The lowest BCUT2D eigenvalue weighted by atomic mass is 10.1. The smallest absolute Gasteiger partial charge is 0.380 e. The number of ether oxygens (including phenoxy) is 1. The summed E-state index contributed by atoms with van der Waals surface area (Å²) in [5.74, 6) is 0. The molecule has 1 rings (SSSR count). The Morgan fingerprint density at radius 2 is 1.82 bits per heavy atom. The Balaban J connectivity index is 2.78. The minimum Gasteiger partial charge on any atom is -0.380 e. The summed E-state index contributed by atoms with van der Waals surface area (Å²) in [5.41, 5.74) is 0.154. The highest BCUT2D eigenvalue weighted by atomic mass is 19.4. The van der Waals surface area contributed by atoms with Crippen LogP contribution in [0.2, 0.25) is 0 Å². The fourth-order valence-corrected chi connectivity index (χ4v) is 1.49. The van der Waals surface area contributed by atoms with Crippen molar-refractivity contribution < 1.29 is 17.9 Å². The minimum atomic E-state index is -4.28. The van der Waals surface area contributed by atoms with Crippen molar-refractivity contribution in [3.8, 4) is 0 Å². The van der Waals surface area contributed by atoms with Gasteiger partial charge in [0.25, 0.3) is 0 Å². The maximum absolute atomic E-state index is 12.4. The molecule has 0 aromatic heterocycles. The van der Waals surface area contributed by atoms with E-state index in [1.54, 1.807) is 7.05 Å². The highest BCUT2D eigenvalue weighted by molar-refractivity contribution is 5.26. The Kier molecular flexibility index (Phi) is 4.96. The molecule has 1 atom stereocenters. The molecule has 0 aliphatic heterocycles. The molecule has 17 heavy (non-hydrogen) atoms. The number of hydrogen-bond acceptors (Lipinski definition) is 2. The normalized spacial score (nSPS) is 13.7. The first-order chi connectivity index (χ1) is 7.99. The number of benzene rings is 1. The van der Waals surface area contributed by atoms with Crippen molar-refractivity contribution in [2.24, 2.45) is 0 Å². The predicted molar refractivity (Wildman–Crippen MR) is 59.7 cm³/mol. The second-order valence-corrected chi connectivity index (χ2v) is 3.62. The Labute approximate surface area is 98.8 Å². The van der Waals surface area contributed by atoms with E-state index < -0.39 is 11.7 Å². The molecule has 0 saturated heterocycles. The van der Waals surface area contributed by atoms with Crippen LogP contribution in [0.4, 0.5) is 13.2 Å². The molecule has 0 amide bonds. The molecule has 1 aromatic carbocycles. The summed E-state index contributed by atoms with van der Waals surface area (Å²) in [5, 5.41) is 3.01. The third-order valence-electron chi connectivity index (χ3n) is 2.48. The van der Waals surface area contributed by atoms with Crippen LogP contribution in [-0.2, 0) is 10.9 Å². The Bertz CT molecular complexity index is 335. The SMILES string of the molecule is CCOCC(NC)c1ccc(C(F)(F)F)cc1.